The first-order valence-electron chi connectivity index (χ1n) is 5.05. The fraction of sp³-hybridized carbons (Fsp3) is 0.636. The van der Waals surface area contributed by atoms with Crippen molar-refractivity contribution in [3.63, 3.8) is 0 Å². The van der Waals surface area contributed by atoms with Crippen LogP contribution in [-0.4, -0.2) is 11.2 Å². The van der Waals surface area contributed by atoms with Gasteiger partial charge in [0.1, 0.15) is 0 Å². The van der Waals surface area contributed by atoms with Crippen LogP contribution < -0.4 is 0 Å². The van der Waals surface area contributed by atoms with Gasteiger partial charge in [-0.25, -0.2) is 0 Å². The van der Waals surface area contributed by atoms with Gasteiger partial charge in [-0.15, -0.1) is 11.3 Å². The summed E-state index contributed by atoms with van der Waals surface area (Å²) in [6.45, 7) is 0. The van der Waals surface area contributed by atoms with Crippen molar-refractivity contribution in [3.8, 4) is 0 Å². The second-order valence-corrected chi connectivity index (χ2v) is 5.00. The second-order valence-electron chi connectivity index (χ2n) is 3.97. The van der Waals surface area contributed by atoms with Crippen LogP contribution in [0.3, 0.4) is 0 Å². The summed E-state index contributed by atoms with van der Waals surface area (Å²) in [4.78, 5) is 1.47. The van der Waals surface area contributed by atoms with Crippen LogP contribution in [0.15, 0.2) is 17.5 Å². The molecule has 1 aliphatic rings. The standard InChI is InChI=1S/C11H16OS/c12-10-4-1-3-9(7-10)8-11-5-2-6-13-11/h2,5-6,9-10,12H,1,3-4,7-8H2. The summed E-state index contributed by atoms with van der Waals surface area (Å²) < 4.78 is 0. The van der Waals surface area contributed by atoms with Crippen molar-refractivity contribution in [1.82, 2.24) is 0 Å². The van der Waals surface area contributed by atoms with Crippen LogP contribution in [0.25, 0.3) is 0 Å². The van der Waals surface area contributed by atoms with Crippen molar-refractivity contribution in [3.05, 3.63) is 22.4 Å². The van der Waals surface area contributed by atoms with Gasteiger partial charge in [0.25, 0.3) is 0 Å². The summed E-state index contributed by atoms with van der Waals surface area (Å²) in [7, 11) is 0. The molecule has 1 aromatic heterocycles. The molecule has 0 radical (unpaired) electrons. The van der Waals surface area contributed by atoms with Crippen molar-refractivity contribution in [2.45, 2.75) is 38.2 Å². The molecule has 2 rings (SSSR count). The summed E-state index contributed by atoms with van der Waals surface area (Å²) >= 11 is 1.84. The number of hydrogen-bond donors (Lipinski definition) is 1. The maximum absolute atomic E-state index is 9.51. The third kappa shape index (κ3) is 2.55. The lowest BCUT2D eigenvalue weighted by atomic mass is 9.85. The Hall–Kier alpha value is -0.340. The summed E-state index contributed by atoms with van der Waals surface area (Å²) in [5.74, 6) is 0.724. The van der Waals surface area contributed by atoms with E-state index in [9.17, 15) is 5.11 Å². The van der Waals surface area contributed by atoms with E-state index >= 15 is 0 Å². The molecule has 0 bridgehead atoms. The molecule has 2 atom stereocenters. The molecular formula is C11H16OS. The summed E-state index contributed by atoms with van der Waals surface area (Å²) in [5, 5.41) is 11.6. The number of rotatable bonds is 2. The van der Waals surface area contributed by atoms with E-state index in [2.05, 4.69) is 17.5 Å². The van der Waals surface area contributed by atoms with Gasteiger partial charge in [0.05, 0.1) is 6.10 Å². The van der Waals surface area contributed by atoms with E-state index in [0.717, 1.165) is 18.8 Å². The minimum atomic E-state index is -0.0290. The zero-order valence-corrected chi connectivity index (χ0v) is 8.59. The molecule has 0 aliphatic heterocycles. The topological polar surface area (TPSA) is 20.2 Å². The normalized spacial score (nSPS) is 29.0. The Labute approximate surface area is 83.4 Å². The first-order valence-corrected chi connectivity index (χ1v) is 5.93. The molecule has 2 heteroatoms. The minimum Gasteiger partial charge on any atom is -0.393 e. The Morgan fingerprint density at radius 1 is 1.46 bits per heavy atom. The summed E-state index contributed by atoms with van der Waals surface area (Å²) in [5.41, 5.74) is 0. The Morgan fingerprint density at radius 2 is 2.38 bits per heavy atom. The first-order chi connectivity index (χ1) is 6.34. The van der Waals surface area contributed by atoms with Gasteiger partial charge in [0, 0.05) is 4.88 Å². The fourth-order valence-electron chi connectivity index (χ4n) is 2.16. The maximum atomic E-state index is 9.51. The van der Waals surface area contributed by atoms with Crippen LogP contribution in [0.1, 0.15) is 30.6 Å². The van der Waals surface area contributed by atoms with Gasteiger partial charge < -0.3 is 5.11 Å². The molecule has 0 aromatic carbocycles. The first kappa shape index (κ1) is 9.22. The lowest BCUT2D eigenvalue weighted by Crippen LogP contribution is -2.20. The Kier molecular flexibility index (Phi) is 3.01. The summed E-state index contributed by atoms with van der Waals surface area (Å²) in [6.07, 6.45) is 5.68. The van der Waals surface area contributed by atoms with E-state index in [-0.39, 0.29) is 6.10 Å². The third-order valence-corrected chi connectivity index (χ3v) is 3.72. The molecule has 1 fully saturated rings. The maximum Gasteiger partial charge on any atom is 0.0543 e. The average molecular weight is 196 g/mol. The number of aliphatic hydroxyl groups excluding tert-OH is 1. The number of hydrogen-bond acceptors (Lipinski definition) is 2. The predicted octanol–water partition coefficient (Wildman–Crippen LogP) is 2.84. The van der Waals surface area contributed by atoms with Crippen molar-refractivity contribution in [1.29, 1.82) is 0 Å². The van der Waals surface area contributed by atoms with Gasteiger partial charge >= 0.3 is 0 Å². The SMILES string of the molecule is OC1CCCC(Cc2cccs2)C1. The molecule has 0 saturated heterocycles. The lowest BCUT2D eigenvalue weighted by Gasteiger charge is -2.25. The highest BCUT2D eigenvalue weighted by molar-refractivity contribution is 7.09. The van der Waals surface area contributed by atoms with Crippen LogP contribution in [0.4, 0.5) is 0 Å². The van der Waals surface area contributed by atoms with Gasteiger partial charge in [0.15, 0.2) is 0 Å². The van der Waals surface area contributed by atoms with Gasteiger partial charge in [-0.3, -0.25) is 0 Å². The van der Waals surface area contributed by atoms with Crippen LogP contribution in [-0.2, 0) is 6.42 Å². The van der Waals surface area contributed by atoms with E-state index in [1.165, 1.54) is 24.1 Å². The second kappa shape index (κ2) is 4.25. The highest BCUT2D eigenvalue weighted by atomic mass is 32.1. The summed E-state index contributed by atoms with van der Waals surface area (Å²) in [6, 6.07) is 4.31. The fourth-order valence-corrected chi connectivity index (χ4v) is 2.98. The highest BCUT2D eigenvalue weighted by Gasteiger charge is 2.20. The van der Waals surface area contributed by atoms with E-state index in [4.69, 9.17) is 0 Å². The van der Waals surface area contributed by atoms with Crippen molar-refractivity contribution < 1.29 is 5.11 Å². The van der Waals surface area contributed by atoms with E-state index in [0.29, 0.717) is 0 Å². The number of thiophene rings is 1. The Morgan fingerprint density at radius 3 is 3.08 bits per heavy atom. The van der Waals surface area contributed by atoms with Crippen LogP contribution in [0.2, 0.25) is 0 Å². The molecule has 0 amide bonds. The molecule has 1 nitrogen and oxygen atoms in total. The van der Waals surface area contributed by atoms with Crippen molar-refractivity contribution in [2.24, 2.45) is 5.92 Å². The van der Waals surface area contributed by atoms with Crippen molar-refractivity contribution in [2.75, 3.05) is 0 Å². The zero-order valence-electron chi connectivity index (χ0n) is 7.78. The molecule has 13 heavy (non-hydrogen) atoms. The Balaban J connectivity index is 1.87. The molecule has 1 aliphatic carbocycles. The third-order valence-electron chi connectivity index (χ3n) is 2.83. The largest absolute Gasteiger partial charge is 0.393 e. The number of aliphatic hydroxyl groups is 1. The molecule has 1 saturated carbocycles. The molecule has 1 N–H and O–H groups in total. The lowest BCUT2D eigenvalue weighted by molar-refractivity contribution is 0.101. The average Bonchev–Trinajstić information content (AvgIpc) is 2.57. The predicted molar refractivity (Wildman–Crippen MR) is 56.0 cm³/mol. The zero-order chi connectivity index (χ0) is 9.10. The van der Waals surface area contributed by atoms with Crippen LogP contribution >= 0.6 is 11.3 Å². The van der Waals surface area contributed by atoms with Gasteiger partial charge in [-0.2, -0.15) is 0 Å². The van der Waals surface area contributed by atoms with E-state index < -0.39 is 0 Å². The smallest absolute Gasteiger partial charge is 0.0543 e. The van der Waals surface area contributed by atoms with E-state index in [1.807, 2.05) is 11.3 Å². The molecular weight excluding hydrogens is 180 g/mol. The molecule has 0 spiro atoms. The van der Waals surface area contributed by atoms with E-state index in [1.54, 1.807) is 0 Å². The Bertz CT molecular complexity index is 243. The van der Waals surface area contributed by atoms with Crippen LogP contribution in [0.5, 0.6) is 0 Å². The molecule has 1 aromatic rings. The van der Waals surface area contributed by atoms with Crippen LogP contribution in [0, 0.1) is 5.92 Å². The molecule has 1 heterocycles. The van der Waals surface area contributed by atoms with Gasteiger partial charge in [0.2, 0.25) is 0 Å². The van der Waals surface area contributed by atoms with Gasteiger partial charge in [-0.1, -0.05) is 12.5 Å². The van der Waals surface area contributed by atoms with Gasteiger partial charge in [-0.05, 0) is 43.0 Å². The minimum absolute atomic E-state index is 0.0290. The molecule has 72 valence electrons. The quantitative estimate of drug-likeness (QED) is 0.771. The molecule has 2 unspecified atom stereocenters. The monoisotopic (exact) mass is 196 g/mol. The van der Waals surface area contributed by atoms with Crippen molar-refractivity contribution >= 4 is 11.3 Å². The highest BCUT2D eigenvalue weighted by Crippen LogP contribution is 2.28.